The predicted molar refractivity (Wildman–Crippen MR) is 206 cm³/mol. The second-order valence-electron chi connectivity index (χ2n) is 11.2. The van der Waals surface area contributed by atoms with Crippen molar-refractivity contribution in [1.82, 2.24) is 0 Å². The van der Waals surface area contributed by atoms with Gasteiger partial charge in [-0.25, -0.2) is 16.8 Å². The highest BCUT2D eigenvalue weighted by molar-refractivity contribution is 7.97. The topological polar surface area (TPSA) is 124 Å². The third kappa shape index (κ3) is 14.9. The van der Waals surface area contributed by atoms with Crippen molar-refractivity contribution in [3.8, 4) is 5.75 Å². The zero-order valence-corrected chi connectivity index (χ0v) is 33.2. The number of methoxy groups -OCH3 is 1. The number of rotatable bonds is 7. The first-order valence-corrected chi connectivity index (χ1v) is 21.4. The monoisotopic (exact) mass is 868 g/mol. The average Bonchev–Trinajstić information content (AvgIpc) is 3.17. The summed E-state index contributed by atoms with van der Waals surface area (Å²) >= 11 is 0. The number of hydrogen-bond donors (Lipinski definition) is 0. The SMILES string of the molecule is COc1ccc([S+](c2ccccc2)c2ccccc2)cc1.Cc1ccc([S+](c2ccccc2)c2ccccc2)cc1.O=S(=O)([O-])C(F)(F)F.O=S(=O)([O-])C(F)(F)F. The molecule has 0 saturated heterocycles. The van der Waals surface area contributed by atoms with Crippen LogP contribution in [0, 0.1) is 6.92 Å². The van der Waals surface area contributed by atoms with Crippen LogP contribution in [0.1, 0.15) is 5.56 Å². The summed E-state index contributed by atoms with van der Waals surface area (Å²) < 4.78 is 123. The van der Waals surface area contributed by atoms with Gasteiger partial charge in [0.05, 0.1) is 28.9 Å². The van der Waals surface area contributed by atoms with Gasteiger partial charge in [-0.1, -0.05) is 90.5 Å². The van der Waals surface area contributed by atoms with Crippen molar-refractivity contribution in [3.63, 3.8) is 0 Å². The van der Waals surface area contributed by atoms with Crippen molar-refractivity contribution in [3.05, 3.63) is 175 Å². The Kier molecular flexibility index (Phi) is 17.3. The molecule has 7 nitrogen and oxygen atoms in total. The molecule has 6 rings (SSSR count). The van der Waals surface area contributed by atoms with Crippen LogP contribution in [-0.2, 0) is 42.0 Å². The van der Waals surface area contributed by atoms with E-state index in [9.17, 15) is 26.3 Å². The smallest absolute Gasteiger partial charge is 0.485 e. The molecule has 0 aliphatic rings. The summed E-state index contributed by atoms with van der Waals surface area (Å²) in [5.74, 6) is 0.892. The summed E-state index contributed by atoms with van der Waals surface area (Å²) in [6.07, 6.45) is 0. The highest BCUT2D eigenvalue weighted by Gasteiger charge is 2.37. The summed E-state index contributed by atoms with van der Waals surface area (Å²) in [4.78, 5) is 8.05. The Balaban J connectivity index is 0.000000224. The molecule has 17 heteroatoms. The van der Waals surface area contributed by atoms with Gasteiger partial charge in [0, 0.05) is 0 Å². The van der Waals surface area contributed by atoms with Crippen molar-refractivity contribution < 1.29 is 57.0 Å². The Hall–Kier alpha value is -4.78. The number of hydrogen-bond acceptors (Lipinski definition) is 7. The molecule has 0 amide bonds. The predicted octanol–water partition coefficient (Wildman–Crippen LogP) is 9.98. The lowest BCUT2D eigenvalue weighted by atomic mass is 10.2. The lowest BCUT2D eigenvalue weighted by Crippen LogP contribution is -2.21. The molecular formula is C40H34F6O7S4. The summed E-state index contributed by atoms with van der Waals surface area (Å²) in [5.41, 5.74) is -9.99. The average molecular weight is 869 g/mol. The summed E-state index contributed by atoms with van der Waals surface area (Å²) in [6, 6.07) is 60.0. The molecule has 0 aliphatic heterocycles. The van der Waals surface area contributed by atoms with Crippen LogP contribution in [0.25, 0.3) is 0 Å². The van der Waals surface area contributed by atoms with Crippen molar-refractivity contribution in [1.29, 1.82) is 0 Å². The Labute approximate surface area is 333 Å². The van der Waals surface area contributed by atoms with Crippen LogP contribution in [0.4, 0.5) is 26.3 Å². The standard InChI is InChI=1S/C19H17OS.C19H17S.2CHF3O3S/c1-20-16-12-14-19(15-13-16)21(17-8-4-2-5-9-17)18-10-6-3-7-11-18;1-16-12-14-19(15-13-16)20(17-8-4-2-5-9-17)18-10-6-3-7-11-18;2*2-1(3,4)8(5,6)7/h2-15H,1H3;2-15H,1H3;2*(H,5,6,7)/q2*+1;;/p-2. The number of alkyl halides is 6. The zero-order chi connectivity index (χ0) is 42.3. The van der Waals surface area contributed by atoms with Crippen LogP contribution >= 0.6 is 0 Å². The number of halogens is 6. The van der Waals surface area contributed by atoms with E-state index in [0.717, 1.165) is 5.75 Å². The fourth-order valence-electron chi connectivity index (χ4n) is 4.43. The molecule has 0 atom stereocenters. The number of ether oxygens (including phenoxy) is 1. The van der Waals surface area contributed by atoms with Gasteiger partial charge < -0.3 is 13.8 Å². The van der Waals surface area contributed by atoms with Gasteiger partial charge in [0.2, 0.25) is 0 Å². The Morgan fingerprint density at radius 3 is 0.842 bits per heavy atom. The van der Waals surface area contributed by atoms with Crippen molar-refractivity contribution in [2.45, 2.75) is 47.3 Å². The van der Waals surface area contributed by atoms with E-state index in [1.807, 2.05) is 12.1 Å². The second-order valence-corrected chi connectivity index (χ2v) is 17.9. The number of aryl methyl sites for hydroxylation is 1. The summed E-state index contributed by atoms with van der Waals surface area (Å²) in [7, 11) is -10.6. The van der Waals surface area contributed by atoms with Crippen LogP contribution in [-0.4, -0.2) is 44.1 Å². The van der Waals surface area contributed by atoms with Gasteiger partial charge in [-0.05, 0) is 91.9 Å². The molecule has 0 aliphatic carbocycles. The van der Waals surface area contributed by atoms with Crippen LogP contribution in [0.2, 0.25) is 0 Å². The van der Waals surface area contributed by atoms with Crippen LogP contribution in [0.15, 0.2) is 199 Å². The molecule has 6 aromatic carbocycles. The molecule has 0 unspecified atom stereocenters. The van der Waals surface area contributed by atoms with Crippen LogP contribution in [0.5, 0.6) is 5.75 Å². The lowest BCUT2D eigenvalue weighted by molar-refractivity contribution is -0.0522. The van der Waals surface area contributed by atoms with Gasteiger partial charge in [0.15, 0.2) is 49.6 Å². The maximum Gasteiger partial charge on any atom is 0.485 e. The lowest BCUT2D eigenvalue weighted by Gasteiger charge is -2.08. The summed E-state index contributed by atoms with van der Waals surface area (Å²) in [5, 5.41) is 0. The van der Waals surface area contributed by atoms with Crippen molar-refractivity contribution in [2.75, 3.05) is 7.11 Å². The largest absolute Gasteiger partial charge is 0.741 e. The molecule has 0 spiro atoms. The molecule has 57 heavy (non-hydrogen) atoms. The maximum absolute atomic E-state index is 10.7. The minimum Gasteiger partial charge on any atom is -0.741 e. The highest BCUT2D eigenvalue weighted by atomic mass is 32.2. The molecular weight excluding hydrogens is 835 g/mol. The molecule has 0 heterocycles. The third-order valence-electron chi connectivity index (χ3n) is 7.03. The van der Waals surface area contributed by atoms with E-state index in [0.29, 0.717) is 0 Å². The Morgan fingerprint density at radius 2 is 0.632 bits per heavy atom. The third-order valence-corrected chi connectivity index (χ3v) is 12.6. The van der Waals surface area contributed by atoms with E-state index >= 15 is 0 Å². The minimum absolute atomic E-state index is 0.0229. The molecule has 0 N–H and O–H groups in total. The zero-order valence-electron chi connectivity index (χ0n) is 29.9. The minimum atomic E-state index is -6.09. The first-order valence-electron chi connectivity index (χ1n) is 16.2. The van der Waals surface area contributed by atoms with Crippen LogP contribution in [0.3, 0.4) is 0 Å². The van der Waals surface area contributed by atoms with E-state index in [4.69, 9.17) is 30.7 Å². The molecule has 302 valence electrons. The van der Waals surface area contributed by atoms with E-state index < -0.39 is 31.3 Å². The van der Waals surface area contributed by atoms with Gasteiger partial charge in [-0.2, -0.15) is 26.3 Å². The van der Waals surface area contributed by atoms with Gasteiger partial charge in [0.25, 0.3) is 0 Å². The molecule has 0 bridgehead atoms. The highest BCUT2D eigenvalue weighted by Crippen LogP contribution is 2.33. The fourth-order valence-corrected chi connectivity index (χ4v) is 8.60. The first kappa shape index (κ1) is 46.6. The fraction of sp³-hybridized carbons (Fsp3) is 0.100. The molecule has 0 fully saturated rings. The molecule has 0 saturated carbocycles. The van der Waals surface area contributed by atoms with E-state index in [1.165, 1.54) is 34.9 Å². The molecule has 0 aromatic heterocycles. The van der Waals surface area contributed by atoms with E-state index in [2.05, 4.69) is 165 Å². The Bertz CT molecular complexity index is 2180. The normalized spacial score (nSPS) is 11.6. The van der Waals surface area contributed by atoms with Gasteiger partial charge in [0.1, 0.15) is 5.75 Å². The summed E-state index contributed by atoms with van der Waals surface area (Å²) in [6.45, 7) is 2.13. The van der Waals surface area contributed by atoms with Gasteiger partial charge >= 0.3 is 11.0 Å². The van der Waals surface area contributed by atoms with Crippen molar-refractivity contribution >= 4 is 42.0 Å². The van der Waals surface area contributed by atoms with E-state index in [1.54, 1.807) is 7.11 Å². The maximum atomic E-state index is 10.7. The second kappa shape index (κ2) is 21.1. The van der Waals surface area contributed by atoms with Gasteiger partial charge in [-0.15, -0.1) is 0 Å². The number of benzene rings is 6. The molecule has 0 radical (unpaired) electrons. The first-order chi connectivity index (χ1) is 26.7. The van der Waals surface area contributed by atoms with Crippen molar-refractivity contribution in [2.24, 2.45) is 0 Å². The quantitative estimate of drug-likeness (QED) is 0.0677. The Morgan fingerprint density at radius 1 is 0.421 bits per heavy atom. The van der Waals surface area contributed by atoms with Gasteiger partial charge in [-0.3, -0.25) is 0 Å². The van der Waals surface area contributed by atoms with E-state index in [-0.39, 0.29) is 21.8 Å². The molecule has 6 aromatic rings. The van der Waals surface area contributed by atoms with Crippen LogP contribution < -0.4 is 4.74 Å².